The van der Waals surface area contributed by atoms with Crippen LogP contribution in [-0.4, -0.2) is 98.9 Å². The number of ether oxygens (including phenoxy) is 2. The number of carbonyl (C=O) groups excluding carboxylic acids is 1. The van der Waals surface area contributed by atoms with Gasteiger partial charge < -0.3 is 39.9 Å². The Morgan fingerprint density at radius 3 is 1.55 bits per heavy atom. The van der Waals surface area contributed by atoms with Crippen LogP contribution in [0.2, 0.25) is 0 Å². The number of rotatable bonds is 37. The minimum absolute atomic E-state index is 0.0789. The van der Waals surface area contributed by atoms with E-state index in [1.165, 1.54) is 64.2 Å². The molecule has 0 aromatic carbocycles. The van der Waals surface area contributed by atoms with Crippen molar-refractivity contribution in [2.75, 3.05) is 19.8 Å². The standard InChI is InChI=1S/C45H81O12P/c1-3-5-7-9-11-12-13-14-15-16-17-18-19-20-21-22-23-24-25-26-27-29-31-33-35-54-36-38(56-39(46)34-32-30-28-10-8-6-4-2)37-55-58(52,53)57-45-43(50)41(48)40(47)42(49)44(45)51/h5,7,11-12,14-15,17-18,38,40-45,47-51H,3-4,6,8-10,13,16,19-37H2,1-2H3,(H,52,53)/b7-5-,12-11-,15-14-,18-17-. The third-order valence-corrected chi connectivity index (χ3v) is 11.2. The van der Waals surface area contributed by atoms with Crippen LogP contribution in [0.1, 0.15) is 168 Å². The van der Waals surface area contributed by atoms with Crippen molar-refractivity contribution in [1.82, 2.24) is 0 Å². The van der Waals surface area contributed by atoms with Gasteiger partial charge in [0.1, 0.15) is 42.7 Å². The molecule has 0 bridgehead atoms. The molecule has 1 aliphatic carbocycles. The predicted molar refractivity (Wildman–Crippen MR) is 230 cm³/mol. The summed E-state index contributed by atoms with van der Waals surface area (Å²) in [6, 6.07) is 0. The molecule has 1 fully saturated rings. The number of allylic oxidation sites excluding steroid dienone is 8. The van der Waals surface area contributed by atoms with Crippen LogP contribution in [0.5, 0.6) is 0 Å². The normalized spacial score (nSPS) is 23.1. The van der Waals surface area contributed by atoms with Crippen LogP contribution in [0.3, 0.4) is 0 Å². The highest BCUT2D eigenvalue weighted by Gasteiger charge is 2.51. The molecule has 6 unspecified atom stereocenters. The maximum Gasteiger partial charge on any atom is 0.472 e. The van der Waals surface area contributed by atoms with Crippen LogP contribution in [-0.2, 0) is 27.9 Å². The Kier molecular flexibility index (Phi) is 33.7. The third kappa shape index (κ3) is 27.9. The van der Waals surface area contributed by atoms with Gasteiger partial charge >= 0.3 is 13.8 Å². The fraction of sp³-hybridized carbons (Fsp3) is 0.800. The summed E-state index contributed by atoms with van der Waals surface area (Å²) >= 11 is 0. The molecule has 0 aromatic rings. The van der Waals surface area contributed by atoms with Crippen molar-refractivity contribution in [3.63, 3.8) is 0 Å². The van der Waals surface area contributed by atoms with Gasteiger partial charge in [-0.2, -0.15) is 0 Å². The van der Waals surface area contributed by atoms with Crippen molar-refractivity contribution in [3.8, 4) is 0 Å². The van der Waals surface area contributed by atoms with E-state index >= 15 is 0 Å². The molecule has 6 N–H and O–H groups in total. The van der Waals surface area contributed by atoms with Crippen molar-refractivity contribution >= 4 is 13.8 Å². The van der Waals surface area contributed by atoms with E-state index in [1.807, 2.05) is 0 Å². The molecule has 6 atom stereocenters. The summed E-state index contributed by atoms with van der Waals surface area (Å²) in [6.07, 6.45) is 30.8. The Hall–Kier alpha value is -1.70. The number of carbonyl (C=O) groups is 1. The van der Waals surface area contributed by atoms with Gasteiger partial charge in [0.25, 0.3) is 0 Å². The highest BCUT2D eigenvalue weighted by molar-refractivity contribution is 7.47. The van der Waals surface area contributed by atoms with Crippen molar-refractivity contribution in [3.05, 3.63) is 48.6 Å². The lowest BCUT2D eigenvalue weighted by atomic mass is 9.85. The smallest absolute Gasteiger partial charge is 0.457 e. The van der Waals surface area contributed by atoms with Gasteiger partial charge in [0, 0.05) is 13.0 Å². The van der Waals surface area contributed by atoms with Gasteiger partial charge in [0.05, 0.1) is 13.2 Å². The topological polar surface area (TPSA) is 192 Å². The predicted octanol–water partition coefficient (Wildman–Crippen LogP) is 8.86. The van der Waals surface area contributed by atoms with Gasteiger partial charge in [-0.3, -0.25) is 13.8 Å². The minimum Gasteiger partial charge on any atom is -0.457 e. The maximum atomic E-state index is 12.7. The van der Waals surface area contributed by atoms with Crippen LogP contribution < -0.4 is 0 Å². The van der Waals surface area contributed by atoms with Gasteiger partial charge in [-0.1, -0.05) is 159 Å². The largest absolute Gasteiger partial charge is 0.472 e. The summed E-state index contributed by atoms with van der Waals surface area (Å²) in [6.45, 7) is 4.07. The summed E-state index contributed by atoms with van der Waals surface area (Å²) in [5.74, 6) is -0.486. The molecule has 0 amide bonds. The van der Waals surface area contributed by atoms with Crippen LogP contribution in [0.4, 0.5) is 0 Å². The van der Waals surface area contributed by atoms with E-state index in [2.05, 4.69) is 62.5 Å². The monoisotopic (exact) mass is 845 g/mol. The molecular weight excluding hydrogens is 763 g/mol. The van der Waals surface area contributed by atoms with E-state index in [4.69, 9.17) is 18.5 Å². The fourth-order valence-electron chi connectivity index (χ4n) is 6.64. The minimum atomic E-state index is -5.01. The van der Waals surface area contributed by atoms with E-state index in [-0.39, 0.29) is 13.0 Å². The summed E-state index contributed by atoms with van der Waals surface area (Å²) < 4.78 is 34.0. The Labute approximate surface area is 350 Å². The first-order valence-electron chi connectivity index (χ1n) is 22.5. The van der Waals surface area contributed by atoms with Gasteiger partial charge in [-0.15, -0.1) is 0 Å². The molecule has 0 saturated heterocycles. The first-order valence-corrected chi connectivity index (χ1v) is 24.0. The molecule has 12 nitrogen and oxygen atoms in total. The zero-order valence-corrected chi connectivity index (χ0v) is 36.7. The van der Waals surface area contributed by atoms with Gasteiger partial charge in [-0.25, -0.2) is 4.57 Å². The second-order valence-electron chi connectivity index (χ2n) is 15.5. The second kappa shape index (κ2) is 36.0. The number of hydrogen-bond donors (Lipinski definition) is 6. The summed E-state index contributed by atoms with van der Waals surface area (Å²) in [5.41, 5.74) is 0. The van der Waals surface area contributed by atoms with Crippen LogP contribution >= 0.6 is 7.82 Å². The highest BCUT2D eigenvalue weighted by Crippen LogP contribution is 2.47. The fourth-order valence-corrected chi connectivity index (χ4v) is 7.61. The second-order valence-corrected chi connectivity index (χ2v) is 16.9. The molecular formula is C45H81O12P. The molecule has 1 saturated carbocycles. The zero-order chi connectivity index (χ0) is 42.7. The molecule has 1 rings (SSSR count). The average molecular weight is 845 g/mol. The summed E-state index contributed by atoms with van der Waals surface area (Å²) in [7, 11) is -5.01. The molecule has 0 aliphatic heterocycles. The van der Waals surface area contributed by atoms with Gasteiger partial charge in [0.15, 0.2) is 0 Å². The number of aliphatic hydroxyl groups is 5. The number of phosphoric acid groups is 1. The molecule has 0 heterocycles. The van der Waals surface area contributed by atoms with E-state index in [9.17, 15) is 39.8 Å². The number of esters is 1. The Morgan fingerprint density at radius 2 is 1.02 bits per heavy atom. The van der Waals surface area contributed by atoms with E-state index in [0.717, 1.165) is 77.0 Å². The van der Waals surface area contributed by atoms with Crippen LogP contribution in [0.25, 0.3) is 0 Å². The molecule has 58 heavy (non-hydrogen) atoms. The lowest BCUT2D eigenvalue weighted by molar-refractivity contribution is -0.220. The Balaban J connectivity index is 2.26. The Morgan fingerprint density at radius 1 is 0.569 bits per heavy atom. The lowest BCUT2D eigenvalue weighted by Crippen LogP contribution is -2.64. The number of hydrogen-bond acceptors (Lipinski definition) is 11. The number of aliphatic hydroxyl groups excluding tert-OH is 5. The summed E-state index contributed by atoms with van der Waals surface area (Å²) in [5, 5.41) is 50.0. The van der Waals surface area contributed by atoms with Crippen molar-refractivity contribution in [2.24, 2.45) is 0 Å². The first-order chi connectivity index (χ1) is 28.0. The lowest BCUT2D eigenvalue weighted by Gasteiger charge is -2.41. The molecule has 0 spiro atoms. The number of phosphoric ester groups is 1. The third-order valence-electron chi connectivity index (χ3n) is 10.2. The van der Waals surface area contributed by atoms with Gasteiger partial charge in [0.2, 0.25) is 0 Å². The SMILES string of the molecule is CC/C=C\C/C=C\C/C=C\C/C=C\CCCCCCCCCCCCCOCC(COP(=O)(O)OC1C(O)C(O)C(O)C(O)C1O)OC(=O)CCCCCCCCC. The van der Waals surface area contributed by atoms with Crippen molar-refractivity contribution < 1.29 is 58.3 Å². The zero-order valence-electron chi connectivity index (χ0n) is 35.8. The maximum absolute atomic E-state index is 12.7. The molecule has 0 radical (unpaired) electrons. The summed E-state index contributed by atoms with van der Waals surface area (Å²) in [4.78, 5) is 22.9. The average Bonchev–Trinajstić information content (AvgIpc) is 3.20. The van der Waals surface area contributed by atoms with Crippen LogP contribution in [0, 0.1) is 0 Å². The molecule has 338 valence electrons. The van der Waals surface area contributed by atoms with Gasteiger partial charge in [-0.05, 0) is 51.4 Å². The van der Waals surface area contributed by atoms with Crippen molar-refractivity contribution in [1.29, 1.82) is 0 Å². The van der Waals surface area contributed by atoms with E-state index in [1.54, 1.807) is 0 Å². The highest BCUT2D eigenvalue weighted by atomic mass is 31.2. The number of unbranched alkanes of at least 4 members (excludes halogenated alkanes) is 17. The quantitative estimate of drug-likeness (QED) is 0.0151. The van der Waals surface area contributed by atoms with Crippen molar-refractivity contribution in [2.45, 2.75) is 211 Å². The Bertz CT molecular complexity index is 1140. The van der Waals surface area contributed by atoms with Crippen LogP contribution in [0.15, 0.2) is 48.6 Å². The molecule has 1 aliphatic rings. The van der Waals surface area contributed by atoms with E-state index < -0.39 is 63.1 Å². The van der Waals surface area contributed by atoms with E-state index in [0.29, 0.717) is 13.0 Å². The molecule has 13 heteroatoms. The molecule has 0 aromatic heterocycles. The first kappa shape index (κ1) is 54.3.